The number of pyridine rings is 1. The lowest BCUT2D eigenvalue weighted by atomic mass is 10.0. The molecule has 0 bridgehead atoms. The summed E-state index contributed by atoms with van der Waals surface area (Å²) in [4.78, 5) is 4.26. The number of unbranched alkanes of at least 4 members (excludes halogenated alkanes) is 3. The summed E-state index contributed by atoms with van der Waals surface area (Å²) in [6.45, 7) is 5.71. The van der Waals surface area contributed by atoms with Gasteiger partial charge in [0.2, 0.25) is 0 Å². The molecule has 0 aromatic carbocycles. The number of hydrogen-bond donors (Lipinski definition) is 1. The summed E-state index contributed by atoms with van der Waals surface area (Å²) < 4.78 is 0. The van der Waals surface area contributed by atoms with Crippen LogP contribution in [0.2, 0.25) is 0 Å². The number of rotatable bonds is 7. The van der Waals surface area contributed by atoms with E-state index in [-0.39, 0.29) is 6.04 Å². The molecule has 2 heteroatoms. The summed E-state index contributed by atoms with van der Waals surface area (Å²) in [6, 6.07) is 4.24. The van der Waals surface area contributed by atoms with E-state index in [2.05, 4.69) is 17.6 Å². The monoisotopic (exact) mass is 218 g/mol. The molecule has 0 radical (unpaired) electrons. The Morgan fingerprint density at radius 1 is 1.38 bits per heavy atom. The Balaban J connectivity index is 2.26. The van der Waals surface area contributed by atoms with Crippen molar-refractivity contribution in [1.29, 1.82) is 0 Å². The highest BCUT2D eigenvalue weighted by Gasteiger charge is 2.05. The normalized spacial score (nSPS) is 12.4. The van der Waals surface area contributed by atoms with Crippen molar-refractivity contribution < 1.29 is 0 Å². The standard InChI is InChI=1S/C14H22N2/c1-3-4-5-6-7-8-14(15)13-10-9-12(2)16-11-13/h3,9-11,14H,1,4-8,15H2,2H3. The highest BCUT2D eigenvalue weighted by atomic mass is 14.7. The second kappa shape index (κ2) is 7.18. The van der Waals surface area contributed by atoms with E-state index in [9.17, 15) is 0 Å². The van der Waals surface area contributed by atoms with Crippen LogP contribution in [0.1, 0.15) is 49.4 Å². The maximum Gasteiger partial charge on any atom is 0.0372 e. The molecular weight excluding hydrogens is 196 g/mol. The van der Waals surface area contributed by atoms with Gasteiger partial charge in [-0.15, -0.1) is 6.58 Å². The van der Waals surface area contributed by atoms with Gasteiger partial charge in [-0.2, -0.15) is 0 Å². The number of nitrogens with two attached hydrogens (primary N) is 1. The molecule has 1 atom stereocenters. The lowest BCUT2D eigenvalue weighted by Gasteiger charge is -2.11. The Morgan fingerprint density at radius 2 is 2.19 bits per heavy atom. The maximum absolute atomic E-state index is 6.10. The summed E-state index contributed by atoms with van der Waals surface area (Å²) in [6.07, 6.45) is 9.67. The van der Waals surface area contributed by atoms with E-state index in [1.807, 2.05) is 25.3 Å². The Hall–Kier alpha value is -1.15. The molecule has 16 heavy (non-hydrogen) atoms. The minimum Gasteiger partial charge on any atom is -0.324 e. The first-order chi connectivity index (χ1) is 7.74. The number of hydrogen-bond acceptors (Lipinski definition) is 2. The van der Waals surface area contributed by atoms with Crippen LogP contribution in [0, 0.1) is 6.92 Å². The van der Waals surface area contributed by atoms with Crippen LogP contribution in [0.4, 0.5) is 0 Å². The number of aryl methyl sites for hydroxylation is 1. The van der Waals surface area contributed by atoms with E-state index in [0.717, 1.165) is 24.1 Å². The lowest BCUT2D eigenvalue weighted by molar-refractivity contribution is 0.571. The van der Waals surface area contributed by atoms with Crippen molar-refractivity contribution in [2.45, 2.75) is 45.1 Å². The Labute approximate surface area is 98.6 Å². The topological polar surface area (TPSA) is 38.9 Å². The van der Waals surface area contributed by atoms with Crippen LogP contribution in [0.25, 0.3) is 0 Å². The van der Waals surface area contributed by atoms with Gasteiger partial charge < -0.3 is 5.73 Å². The van der Waals surface area contributed by atoms with Gasteiger partial charge in [-0.05, 0) is 37.8 Å². The minimum absolute atomic E-state index is 0.136. The molecular formula is C14H22N2. The Morgan fingerprint density at radius 3 is 2.81 bits per heavy atom. The third-order valence-electron chi connectivity index (χ3n) is 2.79. The zero-order chi connectivity index (χ0) is 11.8. The fourth-order valence-corrected chi connectivity index (χ4v) is 1.69. The highest BCUT2D eigenvalue weighted by molar-refractivity contribution is 5.16. The summed E-state index contributed by atoms with van der Waals surface area (Å²) in [7, 11) is 0. The second-order valence-electron chi connectivity index (χ2n) is 4.27. The molecule has 1 rings (SSSR count). The first-order valence-corrected chi connectivity index (χ1v) is 6.03. The molecule has 1 aromatic heterocycles. The summed E-state index contributed by atoms with van der Waals surface area (Å²) in [5.74, 6) is 0. The molecule has 1 unspecified atom stereocenters. The van der Waals surface area contributed by atoms with Crippen LogP contribution in [-0.2, 0) is 0 Å². The molecule has 0 spiro atoms. The van der Waals surface area contributed by atoms with Crippen molar-refractivity contribution in [2.75, 3.05) is 0 Å². The molecule has 0 fully saturated rings. The van der Waals surface area contributed by atoms with Gasteiger partial charge in [-0.1, -0.05) is 25.0 Å². The van der Waals surface area contributed by atoms with Crippen molar-refractivity contribution in [3.8, 4) is 0 Å². The van der Waals surface area contributed by atoms with Crippen molar-refractivity contribution >= 4 is 0 Å². The molecule has 0 saturated carbocycles. The van der Waals surface area contributed by atoms with Gasteiger partial charge in [0.25, 0.3) is 0 Å². The largest absolute Gasteiger partial charge is 0.324 e. The first kappa shape index (κ1) is 12.9. The van der Waals surface area contributed by atoms with Gasteiger partial charge in [-0.25, -0.2) is 0 Å². The number of allylic oxidation sites excluding steroid dienone is 1. The zero-order valence-electron chi connectivity index (χ0n) is 10.2. The highest BCUT2D eigenvalue weighted by Crippen LogP contribution is 2.17. The third-order valence-corrected chi connectivity index (χ3v) is 2.79. The van der Waals surface area contributed by atoms with E-state index >= 15 is 0 Å². The van der Waals surface area contributed by atoms with Crippen LogP contribution in [-0.4, -0.2) is 4.98 Å². The number of aromatic nitrogens is 1. The van der Waals surface area contributed by atoms with Gasteiger partial charge in [0, 0.05) is 17.9 Å². The van der Waals surface area contributed by atoms with E-state index < -0.39 is 0 Å². The number of nitrogens with zero attached hydrogens (tertiary/aromatic N) is 1. The van der Waals surface area contributed by atoms with Gasteiger partial charge in [0.05, 0.1) is 0 Å². The molecule has 0 saturated heterocycles. The van der Waals surface area contributed by atoms with Crippen LogP contribution < -0.4 is 5.73 Å². The predicted molar refractivity (Wildman–Crippen MR) is 69.2 cm³/mol. The molecule has 2 N–H and O–H groups in total. The molecule has 1 aromatic rings. The van der Waals surface area contributed by atoms with Gasteiger partial charge in [0.1, 0.15) is 0 Å². The lowest BCUT2D eigenvalue weighted by Crippen LogP contribution is -2.10. The van der Waals surface area contributed by atoms with Crippen LogP contribution in [0.3, 0.4) is 0 Å². The van der Waals surface area contributed by atoms with Crippen molar-refractivity contribution in [3.63, 3.8) is 0 Å². The van der Waals surface area contributed by atoms with Gasteiger partial charge in [0.15, 0.2) is 0 Å². The third kappa shape index (κ3) is 4.58. The molecule has 0 amide bonds. The SMILES string of the molecule is C=CCCCCCC(N)c1ccc(C)nc1. The minimum atomic E-state index is 0.136. The molecule has 0 aliphatic rings. The van der Waals surface area contributed by atoms with Crippen LogP contribution in [0.15, 0.2) is 31.0 Å². The summed E-state index contributed by atoms with van der Waals surface area (Å²) in [5, 5.41) is 0. The predicted octanol–water partition coefficient (Wildman–Crippen LogP) is 3.53. The van der Waals surface area contributed by atoms with Gasteiger partial charge >= 0.3 is 0 Å². The average Bonchev–Trinajstić information content (AvgIpc) is 2.29. The quantitative estimate of drug-likeness (QED) is 0.561. The molecule has 0 aliphatic carbocycles. The Bertz CT molecular complexity index is 303. The van der Waals surface area contributed by atoms with E-state index in [4.69, 9.17) is 5.73 Å². The molecule has 1 heterocycles. The molecule has 0 aliphatic heterocycles. The van der Waals surface area contributed by atoms with E-state index in [1.165, 1.54) is 19.3 Å². The van der Waals surface area contributed by atoms with E-state index in [0.29, 0.717) is 0 Å². The summed E-state index contributed by atoms with van der Waals surface area (Å²) in [5.41, 5.74) is 8.29. The fraction of sp³-hybridized carbons (Fsp3) is 0.500. The van der Waals surface area contributed by atoms with Crippen LogP contribution >= 0.6 is 0 Å². The molecule has 2 nitrogen and oxygen atoms in total. The zero-order valence-corrected chi connectivity index (χ0v) is 10.2. The Kier molecular flexibility index (Phi) is 5.79. The van der Waals surface area contributed by atoms with Crippen LogP contribution in [0.5, 0.6) is 0 Å². The second-order valence-corrected chi connectivity index (χ2v) is 4.27. The average molecular weight is 218 g/mol. The van der Waals surface area contributed by atoms with Crippen molar-refractivity contribution in [3.05, 3.63) is 42.2 Å². The van der Waals surface area contributed by atoms with Crippen molar-refractivity contribution in [2.24, 2.45) is 5.73 Å². The maximum atomic E-state index is 6.10. The summed E-state index contributed by atoms with van der Waals surface area (Å²) >= 11 is 0. The van der Waals surface area contributed by atoms with Gasteiger partial charge in [-0.3, -0.25) is 4.98 Å². The van der Waals surface area contributed by atoms with Crippen molar-refractivity contribution in [1.82, 2.24) is 4.98 Å². The molecule has 88 valence electrons. The fourth-order valence-electron chi connectivity index (χ4n) is 1.69. The first-order valence-electron chi connectivity index (χ1n) is 6.03. The van der Waals surface area contributed by atoms with E-state index in [1.54, 1.807) is 0 Å². The smallest absolute Gasteiger partial charge is 0.0372 e.